The van der Waals surface area contributed by atoms with Crippen LogP contribution in [0.25, 0.3) is 11.1 Å². The molecule has 0 aliphatic rings. The molecule has 1 atom stereocenters. The summed E-state index contributed by atoms with van der Waals surface area (Å²) in [4.78, 5) is 0. The zero-order valence-corrected chi connectivity index (χ0v) is 13.3. The maximum atomic E-state index is 13.9. The first kappa shape index (κ1) is 15.0. The van der Waals surface area contributed by atoms with Crippen LogP contribution in [0.2, 0.25) is 0 Å². The van der Waals surface area contributed by atoms with Gasteiger partial charge in [0.05, 0.1) is 6.61 Å². The highest BCUT2D eigenvalue weighted by molar-refractivity contribution is 9.10. The highest BCUT2D eigenvalue weighted by Crippen LogP contribution is 2.27. The van der Waals surface area contributed by atoms with Crippen LogP contribution in [0.1, 0.15) is 20.3 Å². The van der Waals surface area contributed by atoms with Crippen LogP contribution in [0.15, 0.2) is 46.9 Å². The van der Waals surface area contributed by atoms with Gasteiger partial charge in [0, 0.05) is 10.0 Å². The SMILES string of the molecule is CC[C@H](C)COc1ccc(-c2ccc(Br)cc2F)cc1. The lowest BCUT2D eigenvalue weighted by molar-refractivity contribution is 0.256. The summed E-state index contributed by atoms with van der Waals surface area (Å²) in [6.07, 6.45) is 1.10. The van der Waals surface area contributed by atoms with Gasteiger partial charge in [-0.05, 0) is 35.7 Å². The molecule has 20 heavy (non-hydrogen) atoms. The van der Waals surface area contributed by atoms with Crippen LogP contribution in [0.5, 0.6) is 5.75 Å². The van der Waals surface area contributed by atoms with Gasteiger partial charge in [-0.25, -0.2) is 4.39 Å². The molecule has 0 aliphatic heterocycles. The Morgan fingerprint density at radius 2 is 1.85 bits per heavy atom. The van der Waals surface area contributed by atoms with Crippen LogP contribution in [0.3, 0.4) is 0 Å². The molecule has 0 unspecified atom stereocenters. The summed E-state index contributed by atoms with van der Waals surface area (Å²) in [5.41, 5.74) is 1.45. The fourth-order valence-electron chi connectivity index (χ4n) is 1.81. The molecule has 3 heteroatoms. The molecule has 2 aromatic rings. The molecule has 2 aromatic carbocycles. The molecule has 0 N–H and O–H groups in total. The summed E-state index contributed by atoms with van der Waals surface area (Å²) in [5.74, 6) is 1.14. The minimum Gasteiger partial charge on any atom is -0.493 e. The first-order valence-corrected chi connectivity index (χ1v) is 7.57. The van der Waals surface area contributed by atoms with Gasteiger partial charge in [0.1, 0.15) is 11.6 Å². The van der Waals surface area contributed by atoms with E-state index in [1.165, 1.54) is 6.07 Å². The summed E-state index contributed by atoms with van der Waals surface area (Å²) in [5, 5.41) is 0. The second kappa shape index (κ2) is 6.89. The van der Waals surface area contributed by atoms with E-state index < -0.39 is 0 Å². The van der Waals surface area contributed by atoms with Crippen LogP contribution < -0.4 is 4.74 Å². The average Bonchev–Trinajstić information content (AvgIpc) is 2.45. The molecule has 0 saturated carbocycles. The maximum Gasteiger partial charge on any atom is 0.132 e. The lowest BCUT2D eigenvalue weighted by Crippen LogP contribution is -2.06. The average molecular weight is 337 g/mol. The monoisotopic (exact) mass is 336 g/mol. The van der Waals surface area contributed by atoms with Crippen molar-refractivity contribution in [1.82, 2.24) is 0 Å². The first-order valence-electron chi connectivity index (χ1n) is 6.78. The molecular weight excluding hydrogens is 319 g/mol. The fourth-order valence-corrected chi connectivity index (χ4v) is 2.14. The van der Waals surface area contributed by atoms with Crippen molar-refractivity contribution in [2.75, 3.05) is 6.61 Å². The number of rotatable bonds is 5. The van der Waals surface area contributed by atoms with Gasteiger partial charge >= 0.3 is 0 Å². The number of ether oxygens (including phenoxy) is 1. The molecule has 0 heterocycles. The third-order valence-electron chi connectivity index (χ3n) is 3.33. The van der Waals surface area contributed by atoms with E-state index in [1.54, 1.807) is 6.07 Å². The van der Waals surface area contributed by atoms with E-state index in [0.717, 1.165) is 22.2 Å². The lowest BCUT2D eigenvalue weighted by atomic mass is 10.1. The maximum absolute atomic E-state index is 13.9. The quantitative estimate of drug-likeness (QED) is 0.682. The van der Waals surface area contributed by atoms with Crippen molar-refractivity contribution >= 4 is 15.9 Å². The van der Waals surface area contributed by atoms with Gasteiger partial charge in [-0.2, -0.15) is 0 Å². The van der Waals surface area contributed by atoms with Crippen molar-refractivity contribution in [1.29, 1.82) is 0 Å². The number of hydrogen-bond donors (Lipinski definition) is 0. The summed E-state index contributed by atoms with van der Waals surface area (Å²) in [7, 11) is 0. The summed E-state index contributed by atoms with van der Waals surface area (Å²) < 4.78 is 20.3. The number of halogens is 2. The molecule has 0 fully saturated rings. The molecule has 106 valence electrons. The molecular formula is C17H18BrFO. The number of hydrogen-bond acceptors (Lipinski definition) is 1. The minimum atomic E-state index is -0.229. The van der Waals surface area contributed by atoms with Crippen LogP contribution >= 0.6 is 15.9 Å². The van der Waals surface area contributed by atoms with E-state index in [2.05, 4.69) is 29.8 Å². The molecule has 2 rings (SSSR count). The third kappa shape index (κ3) is 3.83. The molecule has 0 aliphatic carbocycles. The smallest absolute Gasteiger partial charge is 0.132 e. The van der Waals surface area contributed by atoms with Gasteiger partial charge in [0.2, 0.25) is 0 Å². The number of benzene rings is 2. The lowest BCUT2D eigenvalue weighted by Gasteiger charge is -2.11. The van der Waals surface area contributed by atoms with Gasteiger partial charge in [-0.15, -0.1) is 0 Å². The standard InChI is InChI=1S/C17H18BrFO/c1-3-12(2)11-20-15-7-4-13(5-8-15)16-9-6-14(18)10-17(16)19/h4-10,12H,3,11H2,1-2H3/t12-/m0/s1. The van der Waals surface area contributed by atoms with E-state index in [-0.39, 0.29) is 5.82 Å². The van der Waals surface area contributed by atoms with Gasteiger partial charge in [0.25, 0.3) is 0 Å². The van der Waals surface area contributed by atoms with Gasteiger partial charge < -0.3 is 4.74 Å². The third-order valence-corrected chi connectivity index (χ3v) is 3.82. The topological polar surface area (TPSA) is 9.23 Å². The second-order valence-corrected chi connectivity index (χ2v) is 5.89. The van der Waals surface area contributed by atoms with Gasteiger partial charge in [0.15, 0.2) is 0 Å². The van der Waals surface area contributed by atoms with Crippen molar-refractivity contribution in [3.63, 3.8) is 0 Å². The normalized spacial score (nSPS) is 12.2. The Morgan fingerprint density at radius 3 is 2.45 bits per heavy atom. The van der Waals surface area contributed by atoms with E-state index in [0.29, 0.717) is 18.1 Å². The Kier molecular flexibility index (Phi) is 5.18. The molecule has 0 bridgehead atoms. The largest absolute Gasteiger partial charge is 0.493 e. The van der Waals surface area contributed by atoms with E-state index in [4.69, 9.17) is 4.74 Å². The Hall–Kier alpha value is -1.35. The second-order valence-electron chi connectivity index (χ2n) is 4.97. The van der Waals surface area contributed by atoms with Crippen molar-refractivity contribution in [2.45, 2.75) is 20.3 Å². The van der Waals surface area contributed by atoms with Crippen molar-refractivity contribution in [3.05, 3.63) is 52.8 Å². The first-order chi connectivity index (χ1) is 9.60. The summed E-state index contributed by atoms with van der Waals surface area (Å²) in [6, 6.07) is 12.6. The van der Waals surface area contributed by atoms with Crippen LogP contribution in [-0.4, -0.2) is 6.61 Å². The zero-order chi connectivity index (χ0) is 14.5. The van der Waals surface area contributed by atoms with Crippen molar-refractivity contribution in [3.8, 4) is 16.9 Å². The molecule has 0 spiro atoms. The molecule has 1 nitrogen and oxygen atoms in total. The van der Waals surface area contributed by atoms with E-state index in [9.17, 15) is 4.39 Å². The summed E-state index contributed by atoms with van der Waals surface area (Å²) >= 11 is 3.26. The van der Waals surface area contributed by atoms with Crippen LogP contribution in [0, 0.1) is 11.7 Å². The predicted molar refractivity (Wildman–Crippen MR) is 84.5 cm³/mol. The predicted octanol–water partition coefficient (Wildman–Crippen LogP) is 5.68. The molecule has 0 amide bonds. The van der Waals surface area contributed by atoms with Crippen molar-refractivity contribution in [2.24, 2.45) is 5.92 Å². The zero-order valence-electron chi connectivity index (χ0n) is 11.7. The molecule has 0 radical (unpaired) electrons. The van der Waals surface area contributed by atoms with Crippen LogP contribution in [0.4, 0.5) is 4.39 Å². The molecule has 0 saturated heterocycles. The Balaban J connectivity index is 2.11. The van der Waals surface area contributed by atoms with Crippen LogP contribution in [-0.2, 0) is 0 Å². The highest BCUT2D eigenvalue weighted by Gasteiger charge is 2.06. The Morgan fingerprint density at radius 1 is 1.15 bits per heavy atom. The Labute approximate surface area is 127 Å². The fraction of sp³-hybridized carbons (Fsp3) is 0.294. The van der Waals surface area contributed by atoms with Gasteiger partial charge in [-0.1, -0.05) is 54.4 Å². The highest BCUT2D eigenvalue weighted by atomic mass is 79.9. The molecule has 0 aromatic heterocycles. The van der Waals surface area contributed by atoms with E-state index in [1.807, 2.05) is 30.3 Å². The van der Waals surface area contributed by atoms with Gasteiger partial charge in [-0.3, -0.25) is 0 Å². The van der Waals surface area contributed by atoms with E-state index >= 15 is 0 Å². The summed E-state index contributed by atoms with van der Waals surface area (Å²) in [6.45, 7) is 5.02. The minimum absolute atomic E-state index is 0.229. The van der Waals surface area contributed by atoms with Crippen molar-refractivity contribution < 1.29 is 9.13 Å². The Bertz CT molecular complexity index is 566.